The quantitative estimate of drug-likeness (QED) is 0.558. The van der Waals surface area contributed by atoms with Crippen molar-refractivity contribution in [3.05, 3.63) is 0 Å². The maximum Gasteiger partial charge on any atom is 0.326 e. The Morgan fingerprint density at radius 3 is 2.67 bits per heavy atom. The van der Waals surface area contributed by atoms with Crippen molar-refractivity contribution in [1.82, 2.24) is 16.0 Å². The number of hydrogen-bond acceptors (Lipinski definition) is 4. The summed E-state index contributed by atoms with van der Waals surface area (Å²) in [7, 11) is 0. The highest BCUT2D eigenvalue weighted by Gasteiger charge is 2.21. The molecule has 0 radical (unpaired) electrons. The van der Waals surface area contributed by atoms with E-state index in [0.29, 0.717) is 12.2 Å². The summed E-state index contributed by atoms with van der Waals surface area (Å²) < 4.78 is 0. The minimum atomic E-state index is -0.982. The summed E-state index contributed by atoms with van der Waals surface area (Å²) in [5.74, 6) is -0.269. The normalized spacial score (nSPS) is 18.1. The third-order valence-electron chi connectivity index (χ3n) is 2.89. The predicted octanol–water partition coefficient (Wildman–Crippen LogP) is 0.244. The predicted molar refractivity (Wildman–Crippen MR) is 72.0 cm³/mol. The van der Waals surface area contributed by atoms with Crippen molar-refractivity contribution in [3.8, 4) is 0 Å². The van der Waals surface area contributed by atoms with Gasteiger partial charge in [0.2, 0.25) is 0 Å². The molecule has 1 heterocycles. The molecule has 1 atom stereocenters. The first-order chi connectivity index (χ1) is 8.63. The lowest BCUT2D eigenvalue weighted by atomic mass is 10.1. The number of urea groups is 1. The van der Waals surface area contributed by atoms with E-state index in [-0.39, 0.29) is 12.1 Å². The van der Waals surface area contributed by atoms with E-state index in [0.717, 1.165) is 25.9 Å². The van der Waals surface area contributed by atoms with Crippen LogP contribution in [0.2, 0.25) is 0 Å². The number of thioether (sulfide) groups is 1. The first-order valence-electron chi connectivity index (χ1n) is 6.13. The number of aliphatic carboxylic acids is 1. The number of rotatable bonds is 6. The van der Waals surface area contributed by atoms with Crippen molar-refractivity contribution in [2.75, 3.05) is 25.1 Å². The number of carboxylic acid groups (broad SMARTS) is 1. The van der Waals surface area contributed by atoms with Gasteiger partial charge in [0.05, 0.1) is 0 Å². The Hall–Kier alpha value is -0.950. The van der Waals surface area contributed by atoms with Crippen LogP contribution in [0.4, 0.5) is 4.79 Å². The van der Waals surface area contributed by atoms with Gasteiger partial charge in [0.15, 0.2) is 0 Å². The molecule has 7 heteroatoms. The Bertz CT molecular complexity index is 283. The van der Waals surface area contributed by atoms with E-state index >= 15 is 0 Å². The third-order valence-corrected chi connectivity index (χ3v) is 3.53. The second-order valence-electron chi connectivity index (χ2n) is 4.31. The lowest BCUT2D eigenvalue weighted by molar-refractivity contribution is -0.139. The molecule has 1 fully saturated rings. The first kappa shape index (κ1) is 15.1. The molecule has 1 aliphatic heterocycles. The molecule has 0 aliphatic carbocycles. The third kappa shape index (κ3) is 5.59. The lowest BCUT2D eigenvalue weighted by Crippen LogP contribution is -2.51. The monoisotopic (exact) mass is 275 g/mol. The summed E-state index contributed by atoms with van der Waals surface area (Å²) in [6.07, 6.45) is 4.12. The van der Waals surface area contributed by atoms with Gasteiger partial charge in [-0.1, -0.05) is 0 Å². The molecule has 18 heavy (non-hydrogen) atoms. The van der Waals surface area contributed by atoms with Crippen LogP contribution in [0.15, 0.2) is 0 Å². The molecule has 6 nitrogen and oxygen atoms in total. The van der Waals surface area contributed by atoms with Gasteiger partial charge >= 0.3 is 12.0 Å². The fourth-order valence-corrected chi connectivity index (χ4v) is 2.32. The molecule has 0 unspecified atom stereocenters. The van der Waals surface area contributed by atoms with Crippen molar-refractivity contribution in [1.29, 1.82) is 0 Å². The summed E-state index contributed by atoms with van der Waals surface area (Å²) >= 11 is 1.57. The number of hydrogen-bond donors (Lipinski definition) is 4. The van der Waals surface area contributed by atoms with Crippen LogP contribution in [0, 0.1) is 0 Å². The summed E-state index contributed by atoms with van der Waals surface area (Å²) in [6.45, 7) is 1.78. The Morgan fingerprint density at radius 1 is 1.44 bits per heavy atom. The number of amides is 2. The average Bonchev–Trinajstić information content (AvgIpc) is 2.35. The average molecular weight is 275 g/mol. The van der Waals surface area contributed by atoms with Crippen molar-refractivity contribution in [2.45, 2.75) is 31.3 Å². The van der Waals surface area contributed by atoms with Gasteiger partial charge in [-0.2, -0.15) is 11.8 Å². The molecular formula is C11H21N3O3S. The second-order valence-corrected chi connectivity index (χ2v) is 5.30. The Kier molecular flexibility index (Phi) is 6.89. The summed E-state index contributed by atoms with van der Waals surface area (Å²) in [4.78, 5) is 22.6. The lowest BCUT2D eigenvalue weighted by Gasteiger charge is -2.24. The van der Waals surface area contributed by atoms with Gasteiger partial charge in [0.25, 0.3) is 0 Å². The van der Waals surface area contributed by atoms with Crippen molar-refractivity contribution in [2.24, 2.45) is 0 Å². The van der Waals surface area contributed by atoms with E-state index in [1.807, 2.05) is 6.26 Å². The molecule has 0 aromatic rings. The Balaban J connectivity index is 2.32. The zero-order chi connectivity index (χ0) is 13.4. The molecule has 104 valence electrons. The second kappa shape index (κ2) is 8.20. The fourth-order valence-electron chi connectivity index (χ4n) is 1.84. The molecule has 1 aliphatic rings. The molecule has 4 N–H and O–H groups in total. The first-order valence-corrected chi connectivity index (χ1v) is 7.52. The number of carboxylic acids is 1. The van der Waals surface area contributed by atoms with E-state index < -0.39 is 12.0 Å². The standard InChI is InChI=1S/C11H21N3O3S/c1-18-7-4-9(10(15)16)14-11(17)13-8-2-5-12-6-3-8/h8-9,12H,2-7H2,1H3,(H,15,16)(H2,13,14,17)/t9-/m0/s1. The molecule has 2 amide bonds. The topological polar surface area (TPSA) is 90.5 Å². The maximum absolute atomic E-state index is 11.7. The van der Waals surface area contributed by atoms with E-state index in [2.05, 4.69) is 16.0 Å². The van der Waals surface area contributed by atoms with Gasteiger partial charge in [0.1, 0.15) is 6.04 Å². The maximum atomic E-state index is 11.7. The van der Waals surface area contributed by atoms with Crippen LogP contribution in [0.25, 0.3) is 0 Å². The largest absolute Gasteiger partial charge is 0.480 e. The smallest absolute Gasteiger partial charge is 0.326 e. The summed E-state index contributed by atoms with van der Waals surface area (Å²) in [5.41, 5.74) is 0. The minimum absolute atomic E-state index is 0.140. The molecule has 0 aromatic heterocycles. The zero-order valence-corrected chi connectivity index (χ0v) is 11.4. The van der Waals surface area contributed by atoms with Gasteiger partial charge in [-0.15, -0.1) is 0 Å². The van der Waals surface area contributed by atoms with Gasteiger partial charge in [0, 0.05) is 6.04 Å². The van der Waals surface area contributed by atoms with Crippen molar-refractivity contribution in [3.63, 3.8) is 0 Å². The van der Waals surface area contributed by atoms with Gasteiger partial charge in [-0.3, -0.25) is 0 Å². The Morgan fingerprint density at radius 2 is 2.11 bits per heavy atom. The van der Waals surface area contributed by atoms with Crippen LogP contribution < -0.4 is 16.0 Å². The number of carbonyl (C=O) groups is 2. The van der Waals surface area contributed by atoms with E-state index in [1.165, 1.54) is 0 Å². The van der Waals surface area contributed by atoms with Gasteiger partial charge in [-0.05, 0) is 44.4 Å². The molecule has 0 bridgehead atoms. The number of carbonyl (C=O) groups excluding carboxylic acids is 1. The van der Waals surface area contributed by atoms with E-state index in [1.54, 1.807) is 11.8 Å². The fraction of sp³-hybridized carbons (Fsp3) is 0.818. The molecule has 1 saturated heterocycles. The van der Waals surface area contributed by atoms with Crippen molar-refractivity contribution >= 4 is 23.8 Å². The van der Waals surface area contributed by atoms with Gasteiger partial charge < -0.3 is 21.1 Å². The summed E-state index contributed by atoms with van der Waals surface area (Å²) in [5, 5.41) is 17.5. The molecule has 0 spiro atoms. The SMILES string of the molecule is CSCC[C@H](NC(=O)NC1CCNCC1)C(=O)O. The van der Waals surface area contributed by atoms with Crippen LogP contribution >= 0.6 is 11.8 Å². The highest BCUT2D eigenvalue weighted by Crippen LogP contribution is 2.03. The van der Waals surface area contributed by atoms with Crippen LogP contribution in [0.5, 0.6) is 0 Å². The molecule has 1 rings (SSSR count). The van der Waals surface area contributed by atoms with Crippen LogP contribution in [-0.4, -0.2) is 54.3 Å². The minimum Gasteiger partial charge on any atom is -0.480 e. The van der Waals surface area contributed by atoms with E-state index in [4.69, 9.17) is 5.11 Å². The molecule has 0 saturated carbocycles. The van der Waals surface area contributed by atoms with Crippen LogP contribution in [-0.2, 0) is 4.79 Å². The zero-order valence-electron chi connectivity index (χ0n) is 10.6. The number of nitrogens with one attached hydrogen (secondary N) is 3. The van der Waals surface area contributed by atoms with Gasteiger partial charge in [-0.25, -0.2) is 9.59 Å². The highest BCUT2D eigenvalue weighted by atomic mass is 32.2. The Labute approximate surface area is 111 Å². The molecule has 0 aromatic carbocycles. The summed E-state index contributed by atoms with van der Waals surface area (Å²) in [6, 6.07) is -1.05. The van der Waals surface area contributed by atoms with Crippen LogP contribution in [0.3, 0.4) is 0 Å². The highest BCUT2D eigenvalue weighted by molar-refractivity contribution is 7.98. The number of piperidine rings is 1. The van der Waals surface area contributed by atoms with Crippen LogP contribution in [0.1, 0.15) is 19.3 Å². The van der Waals surface area contributed by atoms with Crippen molar-refractivity contribution < 1.29 is 14.7 Å². The molecular weight excluding hydrogens is 254 g/mol. The van der Waals surface area contributed by atoms with E-state index in [9.17, 15) is 9.59 Å².